The van der Waals surface area contributed by atoms with E-state index in [9.17, 15) is 13.2 Å². The second-order valence-electron chi connectivity index (χ2n) is 6.03. The maximum Gasteiger partial charge on any atom is 0.264 e. The number of hydrogen-bond acceptors (Lipinski definition) is 5. The third-order valence-corrected chi connectivity index (χ3v) is 4.28. The molecule has 8 heteroatoms. The van der Waals surface area contributed by atoms with Crippen molar-refractivity contribution in [1.82, 2.24) is 5.43 Å². The van der Waals surface area contributed by atoms with E-state index < -0.39 is 15.5 Å². The van der Waals surface area contributed by atoms with Crippen molar-refractivity contribution >= 4 is 27.4 Å². The van der Waals surface area contributed by atoms with Gasteiger partial charge < -0.3 is 5.32 Å². The van der Waals surface area contributed by atoms with E-state index in [0.29, 0.717) is 19.5 Å². The second kappa shape index (κ2) is 6.13. The summed E-state index contributed by atoms with van der Waals surface area (Å²) in [6, 6.07) is 7.50. The molecule has 0 spiro atoms. The molecule has 0 unspecified atom stereocenters. The van der Waals surface area contributed by atoms with Gasteiger partial charge in [0.25, 0.3) is 10.1 Å². The van der Waals surface area contributed by atoms with Gasteiger partial charge in [0, 0.05) is 12.2 Å². The minimum atomic E-state index is -3.91. The summed E-state index contributed by atoms with van der Waals surface area (Å²) in [5.41, 5.74) is 4.08. The molecule has 22 heavy (non-hydrogen) atoms. The smallest absolute Gasteiger partial charge is 0.264 e. The number of anilines is 2. The van der Waals surface area contributed by atoms with E-state index in [1.807, 2.05) is 38.1 Å². The molecule has 0 aromatic heterocycles. The molecule has 1 aliphatic rings. The van der Waals surface area contributed by atoms with E-state index in [1.165, 1.54) is 0 Å². The number of nitrogens with zero attached hydrogens (tertiary/aromatic N) is 1. The van der Waals surface area contributed by atoms with E-state index >= 15 is 0 Å². The van der Waals surface area contributed by atoms with E-state index in [2.05, 4.69) is 10.7 Å². The van der Waals surface area contributed by atoms with Crippen molar-refractivity contribution in [2.24, 2.45) is 5.41 Å². The summed E-state index contributed by atoms with van der Waals surface area (Å²) in [5.74, 6) is -0.283. The SMILES string of the molecule is CC1(C)CN(c2cccc(NCCCS(=O)(=O)O)c2)NC1=O. The third kappa shape index (κ3) is 4.35. The van der Waals surface area contributed by atoms with Gasteiger partial charge in [-0.1, -0.05) is 6.07 Å². The summed E-state index contributed by atoms with van der Waals surface area (Å²) in [6.07, 6.45) is 0.316. The van der Waals surface area contributed by atoms with Gasteiger partial charge in [0.1, 0.15) is 0 Å². The van der Waals surface area contributed by atoms with Crippen LogP contribution in [0.1, 0.15) is 20.3 Å². The lowest BCUT2D eigenvalue weighted by molar-refractivity contribution is -0.125. The Morgan fingerprint density at radius 2 is 2.14 bits per heavy atom. The van der Waals surface area contributed by atoms with E-state index in [-0.39, 0.29) is 11.7 Å². The highest BCUT2D eigenvalue weighted by Crippen LogP contribution is 2.28. The standard InChI is InChI=1S/C14H21N3O4S/c1-14(2)10-17(16-13(14)18)12-6-3-5-11(9-12)15-7-4-8-22(19,20)21/h3,5-6,9,15H,4,7-8,10H2,1-2H3,(H,16,18)(H,19,20,21). The molecule has 3 N–H and O–H groups in total. The number of benzene rings is 1. The molecule has 1 aromatic carbocycles. The quantitative estimate of drug-likeness (QED) is 0.537. The zero-order chi connectivity index (χ0) is 16.4. The van der Waals surface area contributed by atoms with Crippen LogP contribution in [-0.2, 0) is 14.9 Å². The molecule has 1 aromatic rings. The molecule has 1 saturated heterocycles. The Kier molecular flexibility index (Phi) is 4.62. The Bertz CT molecular complexity index is 658. The molecule has 2 rings (SSSR count). The van der Waals surface area contributed by atoms with Gasteiger partial charge in [0.2, 0.25) is 5.91 Å². The predicted octanol–water partition coefficient (Wildman–Crippen LogP) is 1.25. The van der Waals surface area contributed by atoms with Gasteiger partial charge in [0.15, 0.2) is 0 Å². The Labute approximate surface area is 130 Å². The maximum absolute atomic E-state index is 11.8. The lowest BCUT2D eigenvalue weighted by atomic mass is 9.94. The first-order valence-corrected chi connectivity index (χ1v) is 8.66. The van der Waals surface area contributed by atoms with Crippen molar-refractivity contribution in [3.63, 3.8) is 0 Å². The van der Waals surface area contributed by atoms with Crippen LogP contribution in [0.15, 0.2) is 24.3 Å². The number of carbonyl (C=O) groups excluding carboxylic acids is 1. The second-order valence-corrected chi connectivity index (χ2v) is 7.60. The average molecular weight is 327 g/mol. The van der Waals surface area contributed by atoms with E-state index in [0.717, 1.165) is 11.4 Å². The number of nitrogens with one attached hydrogen (secondary N) is 2. The number of rotatable bonds is 6. The Morgan fingerprint density at radius 3 is 2.73 bits per heavy atom. The van der Waals surface area contributed by atoms with Gasteiger partial charge in [-0.3, -0.25) is 19.8 Å². The van der Waals surface area contributed by atoms with Crippen LogP contribution in [0.5, 0.6) is 0 Å². The van der Waals surface area contributed by atoms with Crippen molar-refractivity contribution in [2.75, 3.05) is 29.2 Å². The molecular weight excluding hydrogens is 306 g/mol. The zero-order valence-corrected chi connectivity index (χ0v) is 13.5. The average Bonchev–Trinajstić information content (AvgIpc) is 2.69. The summed E-state index contributed by atoms with van der Waals surface area (Å²) in [4.78, 5) is 11.8. The predicted molar refractivity (Wildman–Crippen MR) is 85.2 cm³/mol. The van der Waals surface area contributed by atoms with Gasteiger partial charge in [0.05, 0.1) is 23.4 Å². The van der Waals surface area contributed by atoms with Gasteiger partial charge in [-0.25, -0.2) is 0 Å². The van der Waals surface area contributed by atoms with Crippen LogP contribution in [0.4, 0.5) is 11.4 Å². The van der Waals surface area contributed by atoms with Crippen molar-refractivity contribution in [3.05, 3.63) is 24.3 Å². The van der Waals surface area contributed by atoms with Crippen molar-refractivity contribution < 1.29 is 17.8 Å². The molecule has 1 fully saturated rings. The Morgan fingerprint density at radius 1 is 1.41 bits per heavy atom. The molecule has 1 heterocycles. The summed E-state index contributed by atoms with van der Waals surface area (Å²) < 4.78 is 30.0. The van der Waals surface area contributed by atoms with Crippen LogP contribution in [0, 0.1) is 5.41 Å². The summed E-state index contributed by atoms with van der Waals surface area (Å²) in [6.45, 7) is 4.79. The molecule has 122 valence electrons. The monoisotopic (exact) mass is 327 g/mol. The maximum atomic E-state index is 11.8. The lowest BCUT2D eigenvalue weighted by Gasteiger charge is -2.19. The van der Waals surface area contributed by atoms with Crippen LogP contribution in [-0.4, -0.2) is 37.7 Å². The molecule has 0 saturated carbocycles. The van der Waals surface area contributed by atoms with Crippen molar-refractivity contribution in [2.45, 2.75) is 20.3 Å². The van der Waals surface area contributed by atoms with E-state index in [1.54, 1.807) is 5.01 Å². The van der Waals surface area contributed by atoms with Crippen LogP contribution < -0.4 is 15.8 Å². The first-order valence-electron chi connectivity index (χ1n) is 7.05. The van der Waals surface area contributed by atoms with Crippen molar-refractivity contribution in [1.29, 1.82) is 0 Å². The molecule has 7 nitrogen and oxygen atoms in total. The van der Waals surface area contributed by atoms with Gasteiger partial charge in [-0.2, -0.15) is 8.42 Å². The molecule has 0 atom stereocenters. The number of hydrazine groups is 1. The third-order valence-electron chi connectivity index (χ3n) is 3.47. The molecule has 0 radical (unpaired) electrons. The largest absolute Gasteiger partial charge is 0.385 e. The summed E-state index contributed by atoms with van der Waals surface area (Å²) in [5, 5.41) is 4.90. The van der Waals surface area contributed by atoms with Gasteiger partial charge >= 0.3 is 0 Å². The minimum Gasteiger partial charge on any atom is -0.385 e. The topological polar surface area (TPSA) is 98.7 Å². The molecule has 0 aliphatic carbocycles. The Balaban J connectivity index is 1.95. The van der Waals surface area contributed by atoms with Crippen LogP contribution >= 0.6 is 0 Å². The van der Waals surface area contributed by atoms with Crippen molar-refractivity contribution in [3.8, 4) is 0 Å². The minimum absolute atomic E-state index is 0.0148. The van der Waals surface area contributed by atoms with Gasteiger partial charge in [-0.15, -0.1) is 0 Å². The molecule has 1 amide bonds. The number of carbonyl (C=O) groups is 1. The van der Waals surface area contributed by atoms with Gasteiger partial charge in [-0.05, 0) is 38.5 Å². The highest BCUT2D eigenvalue weighted by Gasteiger charge is 2.38. The molecule has 0 bridgehead atoms. The first kappa shape index (κ1) is 16.6. The summed E-state index contributed by atoms with van der Waals surface area (Å²) in [7, 11) is -3.91. The van der Waals surface area contributed by atoms with Crippen LogP contribution in [0.2, 0.25) is 0 Å². The number of amides is 1. The van der Waals surface area contributed by atoms with E-state index in [4.69, 9.17) is 4.55 Å². The highest BCUT2D eigenvalue weighted by atomic mass is 32.2. The molecule has 1 aliphatic heterocycles. The summed E-state index contributed by atoms with van der Waals surface area (Å²) >= 11 is 0. The number of hydrogen-bond donors (Lipinski definition) is 3. The normalized spacial score (nSPS) is 17.4. The fourth-order valence-corrected chi connectivity index (χ4v) is 2.72. The zero-order valence-electron chi connectivity index (χ0n) is 12.7. The fourth-order valence-electron chi connectivity index (χ4n) is 2.21. The van der Waals surface area contributed by atoms with Crippen LogP contribution in [0.3, 0.4) is 0 Å². The fraction of sp³-hybridized carbons (Fsp3) is 0.500. The Hall–Kier alpha value is -1.80. The molecular formula is C14H21N3O4S. The lowest BCUT2D eigenvalue weighted by Crippen LogP contribution is -2.33. The highest BCUT2D eigenvalue weighted by molar-refractivity contribution is 7.85. The first-order chi connectivity index (χ1) is 10.2. The van der Waals surface area contributed by atoms with Crippen LogP contribution in [0.25, 0.3) is 0 Å².